The first-order valence-corrected chi connectivity index (χ1v) is 14.6. The van der Waals surface area contributed by atoms with Crippen LogP contribution in [-0.2, 0) is 18.3 Å². The van der Waals surface area contributed by atoms with E-state index < -0.39 is 0 Å². The van der Waals surface area contributed by atoms with E-state index in [-0.39, 0.29) is 0 Å². The van der Waals surface area contributed by atoms with Crippen molar-refractivity contribution in [2.24, 2.45) is 7.05 Å². The third-order valence-electron chi connectivity index (χ3n) is 7.55. The average molecular weight is 535 g/mol. The molecule has 3 heterocycles. The van der Waals surface area contributed by atoms with Crippen molar-refractivity contribution >= 4 is 40.0 Å². The second kappa shape index (κ2) is 11.4. The summed E-state index contributed by atoms with van der Waals surface area (Å²) in [5.74, 6) is 0. The van der Waals surface area contributed by atoms with Gasteiger partial charge >= 0.3 is 0 Å². The van der Waals surface area contributed by atoms with E-state index in [1.165, 1.54) is 48.8 Å². The normalized spacial score (nSPS) is 17.4. The van der Waals surface area contributed by atoms with E-state index >= 15 is 0 Å². The molecule has 4 aromatic rings. The Bertz CT molecular complexity index is 1530. The zero-order chi connectivity index (χ0) is 26.8. The van der Waals surface area contributed by atoms with Gasteiger partial charge in [-0.05, 0) is 66.5 Å². The Hall–Kier alpha value is -3.38. The molecule has 2 aliphatic rings. The Morgan fingerprint density at radius 2 is 1.69 bits per heavy atom. The van der Waals surface area contributed by atoms with Crippen molar-refractivity contribution in [2.45, 2.75) is 31.3 Å². The molecule has 0 atom stereocenters. The molecule has 6 rings (SSSR count). The van der Waals surface area contributed by atoms with Crippen molar-refractivity contribution in [1.82, 2.24) is 4.90 Å². The van der Waals surface area contributed by atoms with Gasteiger partial charge in [0, 0.05) is 42.7 Å². The topological polar surface area (TPSA) is 19.6 Å². The van der Waals surface area contributed by atoms with E-state index in [1.54, 1.807) is 0 Å². The van der Waals surface area contributed by atoms with Crippen LogP contribution in [-0.4, -0.2) is 37.2 Å². The molecule has 0 saturated carbocycles. The van der Waals surface area contributed by atoms with Crippen LogP contribution in [0.2, 0.25) is 0 Å². The predicted molar refractivity (Wildman–Crippen MR) is 164 cm³/mol. The second-order valence-electron chi connectivity index (χ2n) is 10.6. The summed E-state index contributed by atoms with van der Waals surface area (Å²) in [6, 6.07) is 29.1. The van der Waals surface area contributed by atoms with Gasteiger partial charge in [-0.1, -0.05) is 60.3 Å². The molecule has 1 saturated heterocycles. The quantitative estimate of drug-likeness (QED) is 0.251. The number of thioether (sulfide) groups is 1. The number of morpholine rings is 1. The highest BCUT2D eigenvalue weighted by molar-refractivity contribution is 8.03. The Morgan fingerprint density at radius 1 is 0.949 bits per heavy atom. The first-order chi connectivity index (χ1) is 19.1. The fourth-order valence-electron chi connectivity index (χ4n) is 5.50. The molecular weight excluding hydrogens is 498 g/mol. The molecule has 198 valence electrons. The van der Waals surface area contributed by atoms with Crippen LogP contribution in [0.1, 0.15) is 30.5 Å². The molecule has 0 unspecified atom stereocenters. The van der Waals surface area contributed by atoms with Gasteiger partial charge in [0.25, 0.3) is 0 Å². The highest BCUT2D eigenvalue weighted by atomic mass is 32.2. The van der Waals surface area contributed by atoms with E-state index in [4.69, 9.17) is 4.74 Å². The minimum atomic E-state index is 0.362. The molecule has 0 spiro atoms. The van der Waals surface area contributed by atoms with Crippen LogP contribution in [0.25, 0.3) is 22.6 Å². The van der Waals surface area contributed by atoms with Gasteiger partial charge in [0.15, 0.2) is 6.20 Å². The van der Waals surface area contributed by atoms with Gasteiger partial charge in [-0.2, -0.15) is 0 Å². The fraction of sp³-hybridized carbons (Fsp3) is 0.265. The SMILES string of the molecule is CC(C)N1/C(=C/C(=C/c2cc[n+](C)c3ccccc23)c2ccc(CN3CCOCC3)cc2)Sc2ccccc21. The van der Waals surface area contributed by atoms with Crippen molar-refractivity contribution in [3.63, 3.8) is 0 Å². The molecule has 0 bridgehead atoms. The number of allylic oxidation sites excluding steroid dienone is 2. The van der Waals surface area contributed by atoms with Gasteiger partial charge in [-0.3, -0.25) is 4.90 Å². The zero-order valence-corrected chi connectivity index (χ0v) is 23.8. The van der Waals surface area contributed by atoms with Crippen molar-refractivity contribution < 1.29 is 9.30 Å². The predicted octanol–water partition coefficient (Wildman–Crippen LogP) is 6.90. The molecule has 0 aliphatic carbocycles. The Labute approximate surface area is 236 Å². The Kier molecular flexibility index (Phi) is 7.55. The van der Waals surface area contributed by atoms with Crippen molar-refractivity contribution in [2.75, 3.05) is 31.2 Å². The lowest BCUT2D eigenvalue weighted by atomic mass is 9.99. The number of ether oxygens (including phenoxy) is 1. The lowest BCUT2D eigenvalue weighted by molar-refractivity contribution is -0.644. The fourth-order valence-corrected chi connectivity index (χ4v) is 6.73. The standard InChI is InChI=1S/C34H36N3OS/c1-25(2)37-32-10-6-7-11-33(32)39-34(37)23-29(22-28-16-17-35(3)31-9-5-4-8-30(28)31)27-14-12-26(13-15-27)24-36-18-20-38-21-19-36/h4-17,22-23,25H,18-21,24H2,1-3H3/q+1. The molecule has 3 aromatic carbocycles. The van der Waals surface area contributed by atoms with Crippen LogP contribution in [0.15, 0.2) is 101 Å². The Morgan fingerprint density at radius 3 is 2.49 bits per heavy atom. The smallest absolute Gasteiger partial charge is 0.212 e. The van der Waals surface area contributed by atoms with Crippen LogP contribution in [0, 0.1) is 0 Å². The van der Waals surface area contributed by atoms with E-state index in [1.807, 2.05) is 11.8 Å². The molecule has 5 heteroatoms. The number of benzene rings is 3. The highest BCUT2D eigenvalue weighted by Gasteiger charge is 2.27. The van der Waals surface area contributed by atoms with Gasteiger partial charge in [-0.15, -0.1) is 0 Å². The number of para-hydroxylation sites is 2. The van der Waals surface area contributed by atoms with Gasteiger partial charge in [0.2, 0.25) is 5.52 Å². The number of nitrogens with zero attached hydrogens (tertiary/aromatic N) is 3. The van der Waals surface area contributed by atoms with Crippen LogP contribution in [0.3, 0.4) is 0 Å². The van der Waals surface area contributed by atoms with Crippen LogP contribution in [0.4, 0.5) is 5.69 Å². The maximum Gasteiger partial charge on any atom is 0.212 e. The van der Waals surface area contributed by atoms with E-state index in [0.29, 0.717) is 6.04 Å². The third-order valence-corrected chi connectivity index (χ3v) is 8.64. The summed E-state index contributed by atoms with van der Waals surface area (Å²) in [6.07, 6.45) is 6.89. The van der Waals surface area contributed by atoms with Crippen LogP contribution < -0.4 is 9.47 Å². The highest BCUT2D eigenvalue weighted by Crippen LogP contribution is 2.47. The lowest BCUT2D eigenvalue weighted by Gasteiger charge is -2.26. The Balaban J connectivity index is 1.42. The molecule has 0 amide bonds. The van der Waals surface area contributed by atoms with Gasteiger partial charge in [-0.25, -0.2) is 4.57 Å². The summed E-state index contributed by atoms with van der Waals surface area (Å²) in [7, 11) is 2.11. The molecule has 4 nitrogen and oxygen atoms in total. The molecule has 0 radical (unpaired) electrons. The summed E-state index contributed by atoms with van der Waals surface area (Å²) < 4.78 is 7.72. The van der Waals surface area contributed by atoms with Gasteiger partial charge < -0.3 is 9.64 Å². The van der Waals surface area contributed by atoms with Crippen molar-refractivity contribution in [3.05, 3.63) is 113 Å². The monoisotopic (exact) mass is 534 g/mol. The maximum absolute atomic E-state index is 5.53. The number of rotatable bonds is 6. The molecule has 1 fully saturated rings. The number of pyridine rings is 1. The minimum absolute atomic E-state index is 0.362. The molecular formula is C34H36N3OS+. The third kappa shape index (κ3) is 5.53. The molecule has 39 heavy (non-hydrogen) atoms. The van der Waals surface area contributed by atoms with Gasteiger partial charge in [0.1, 0.15) is 7.05 Å². The van der Waals surface area contributed by atoms with Crippen molar-refractivity contribution in [1.29, 1.82) is 0 Å². The summed E-state index contributed by atoms with van der Waals surface area (Å²) in [5, 5.41) is 2.52. The first-order valence-electron chi connectivity index (χ1n) is 13.8. The number of aryl methyl sites for hydroxylation is 1. The summed E-state index contributed by atoms with van der Waals surface area (Å²) in [6.45, 7) is 9.16. The van der Waals surface area contributed by atoms with E-state index in [0.717, 1.165) is 32.8 Å². The largest absolute Gasteiger partial charge is 0.379 e. The molecule has 2 aliphatic heterocycles. The second-order valence-corrected chi connectivity index (χ2v) is 11.7. The minimum Gasteiger partial charge on any atom is -0.379 e. The summed E-state index contributed by atoms with van der Waals surface area (Å²) in [4.78, 5) is 6.25. The number of hydrogen-bond acceptors (Lipinski definition) is 4. The average Bonchev–Trinajstić information content (AvgIpc) is 3.33. The molecule has 1 aromatic heterocycles. The first kappa shape index (κ1) is 25.9. The maximum atomic E-state index is 5.53. The van der Waals surface area contributed by atoms with Crippen LogP contribution >= 0.6 is 11.8 Å². The van der Waals surface area contributed by atoms with Crippen LogP contribution in [0.5, 0.6) is 0 Å². The number of anilines is 1. The van der Waals surface area contributed by atoms with Crippen molar-refractivity contribution in [3.8, 4) is 0 Å². The number of aromatic nitrogens is 1. The lowest BCUT2D eigenvalue weighted by Crippen LogP contribution is -2.35. The van der Waals surface area contributed by atoms with Gasteiger partial charge in [0.05, 0.1) is 29.3 Å². The summed E-state index contributed by atoms with van der Waals surface area (Å²) in [5.41, 5.74) is 7.53. The number of hydrogen-bond donors (Lipinski definition) is 0. The summed E-state index contributed by atoms with van der Waals surface area (Å²) >= 11 is 1.86. The molecule has 0 N–H and O–H groups in total. The van der Waals surface area contributed by atoms with E-state index in [9.17, 15) is 0 Å². The van der Waals surface area contributed by atoms with E-state index in [2.05, 4.69) is 132 Å². The number of fused-ring (bicyclic) bond motifs is 2. The zero-order valence-electron chi connectivity index (χ0n) is 23.0.